The maximum absolute atomic E-state index is 12.1. The molecule has 2 amide bonds. The van der Waals surface area contributed by atoms with E-state index in [2.05, 4.69) is 22.9 Å². The normalized spacial score (nSPS) is 12.0. The van der Waals surface area contributed by atoms with Gasteiger partial charge in [0.15, 0.2) is 0 Å². The first-order valence-corrected chi connectivity index (χ1v) is 9.40. The predicted octanol–water partition coefficient (Wildman–Crippen LogP) is 3.66. The lowest BCUT2D eigenvalue weighted by atomic mass is 10.1. The standard InChI is InChI=1S/C21H26N2O4S/c1-21(2,3)27-20(25)22-18(19(24)23-28)13-15-9-11-17(12-10-15)26-14-16-7-5-4-6-8-16/h4-12,18,28H,13-14H2,1-3H3,(H,22,25)(H,23,24). The number of hydrogen-bond donors (Lipinski definition) is 3. The Morgan fingerprint density at radius 3 is 2.21 bits per heavy atom. The Kier molecular flexibility index (Phi) is 7.75. The molecule has 28 heavy (non-hydrogen) atoms. The summed E-state index contributed by atoms with van der Waals surface area (Å²) in [5.41, 5.74) is 1.30. The van der Waals surface area contributed by atoms with E-state index in [9.17, 15) is 9.59 Å². The van der Waals surface area contributed by atoms with E-state index in [1.54, 1.807) is 20.8 Å². The number of ether oxygens (including phenoxy) is 2. The van der Waals surface area contributed by atoms with E-state index in [0.29, 0.717) is 13.0 Å². The minimum atomic E-state index is -0.802. The molecule has 0 saturated heterocycles. The molecule has 0 bridgehead atoms. The molecule has 2 rings (SSSR count). The fraction of sp³-hybridized carbons (Fsp3) is 0.333. The Bertz CT molecular complexity index is 773. The first kappa shape index (κ1) is 21.6. The van der Waals surface area contributed by atoms with Gasteiger partial charge in [0.25, 0.3) is 5.91 Å². The Hall–Kier alpha value is -2.67. The van der Waals surface area contributed by atoms with Crippen molar-refractivity contribution in [1.29, 1.82) is 0 Å². The first-order valence-electron chi connectivity index (χ1n) is 8.96. The Balaban J connectivity index is 1.96. The highest BCUT2D eigenvalue weighted by Gasteiger charge is 2.24. The molecule has 0 spiro atoms. The molecular weight excluding hydrogens is 376 g/mol. The van der Waals surface area contributed by atoms with Crippen LogP contribution >= 0.6 is 12.8 Å². The number of carbonyl (C=O) groups excluding carboxylic acids is 2. The molecule has 2 N–H and O–H groups in total. The molecule has 0 saturated carbocycles. The molecule has 6 nitrogen and oxygen atoms in total. The van der Waals surface area contributed by atoms with Crippen LogP contribution in [-0.4, -0.2) is 23.6 Å². The fourth-order valence-corrected chi connectivity index (χ4v) is 2.59. The van der Waals surface area contributed by atoms with Gasteiger partial charge in [-0.2, -0.15) is 0 Å². The number of rotatable bonds is 7. The van der Waals surface area contributed by atoms with Crippen LogP contribution in [0.4, 0.5) is 4.79 Å². The summed E-state index contributed by atoms with van der Waals surface area (Å²) >= 11 is 3.80. The summed E-state index contributed by atoms with van der Waals surface area (Å²) in [6, 6.07) is 16.5. The second kappa shape index (κ2) is 10.0. The van der Waals surface area contributed by atoms with E-state index in [4.69, 9.17) is 9.47 Å². The molecule has 0 radical (unpaired) electrons. The highest BCUT2D eigenvalue weighted by molar-refractivity contribution is 7.78. The summed E-state index contributed by atoms with van der Waals surface area (Å²) in [5, 5.41) is 2.58. The molecule has 1 unspecified atom stereocenters. The molecule has 0 aliphatic rings. The highest BCUT2D eigenvalue weighted by atomic mass is 32.1. The summed E-state index contributed by atoms with van der Waals surface area (Å²) in [7, 11) is 0. The zero-order chi connectivity index (χ0) is 20.6. The van der Waals surface area contributed by atoms with Gasteiger partial charge in [-0.15, -0.1) is 0 Å². The van der Waals surface area contributed by atoms with Gasteiger partial charge in [-0.1, -0.05) is 55.3 Å². The van der Waals surface area contributed by atoms with Gasteiger partial charge in [-0.25, -0.2) is 4.79 Å². The van der Waals surface area contributed by atoms with Crippen LogP contribution in [0, 0.1) is 0 Å². The summed E-state index contributed by atoms with van der Waals surface area (Å²) in [6.07, 6.45) is -0.359. The van der Waals surface area contributed by atoms with Crippen molar-refractivity contribution in [2.24, 2.45) is 0 Å². The summed E-state index contributed by atoms with van der Waals surface area (Å²) in [4.78, 5) is 24.1. The van der Waals surface area contributed by atoms with Gasteiger partial charge in [0.05, 0.1) is 0 Å². The van der Waals surface area contributed by atoms with Crippen LogP contribution in [0.1, 0.15) is 31.9 Å². The molecule has 1 atom stereocenters. The number of amides is 2. The molecule has 0 heterocycles. The molecule has 0 aliphatic heterocycles. The lowest BCUT2D eigenvalue weighted by molar-refractivity contribution is -0.121. The van der Waals surface area contributed by atoms with Gasteiger partial charge in [-0.05, 0) is 44.0 Å². The van der Waals surface area contributed by atoms with Crippen molar-refractivity contribution >= 4 is 24.8 Å². The first-order chi connectivity index (χ1) is 13.3. The Morgan fingerprint density at radius 2 is 1.64 bits per heavy atom. The summed E-state index contributed by atoms with van der Waals surface area (Å²) < 4.78 is 13.2. The molecule has 0 fully saturated rings. The smallest absolute Gasteiger partial charge is 0.408 e. The van der Waals surface area contributed by atoms with Gasteiger partial charge < -0.3 is 19.5 Å². The van der Waals surface area contributed by atoms with Gasteiger partial charge in [0.2, 0.25) is 0 Å². The van der Waals surface area contributed by atoms with Crippen LogP contribution in [0.25, 0.3) is 0 Å². The van der Waals surface area contributed by atoms with E-state index >= 15 is 0 Å². The van der Waals surface area contributed by atoms with Crippen molar-refractivity contribution in [2.75, 3.05) is 0 Å². The fourth-order valence-electron chi connectivity index (χ4n) is 2.44. The predicted molar refractivity (Wildman–Crippen MR) is 111 cm³/mol. The number of nitrogens with one attached hydrogen (secondary N) is 2. The molecule has 2 aromatic carbocycles. The molecular formula is C21H26N2O4S. The van der Waals surface area contributed by atoms with Crippen molar-refractivity contribution in [1.82, 2.24) is 10.0 Å². The number of benzene rings is 2. The number of alkyl carbamates (subject to hydrolysis) is 1. The largest absolute Gasteiger partial charge is 0.489 e. The minimum absolute atomic E-state index is 0.296. The quantitative estimate of drug-likeness (QED) is 0.618. The van der Waals surface area contributed by atoms with Crippen molar-refractivity contribution in [3.63, 3.8) is 0 Å². The third-order valence-electron chi connectivity index (χ3n) is 3.73. The van der Waals surface area contributed by atoms with Crippen molar-refractivity contribution in [3.05, 3.63) is 65.7 Å². The van der Waals surface area contributed by atoms with E-state index in [1.807, 2.05) is 54.6 Å². The molecule has 0 aromatic heterocycles. The SMILES string of the molecule is CC(C)(C)OC(=O)NC(Cc1ccc(OCc2ccccc2)cc1)C(=O)NS. The minimum Gasteiger partial charge on any atom is -0.489 e. The van der Waals surface area contributed by atoms with Crippen molar-refractivity contribution in [3.8, 4) is 5.75 Å². The summed E-state index contributed by atoms with van der Waals surface area (Å²) in [5.74, 6) is 0.307. The van der Waals surface area contributed by atoms with Gasteiger partial charge >= 0.3 is 6.09 Å². The monoisotopic (exact) mass is 402 g/mol. The Morgan fingerprint density at radius 1 is 1.00 bits per heavy atom. The van der Waals surface area contributed by atoms with Gasteiger partial charge in [0, 0.05) is 6.42 Å². The second-order valence-corrected chi connectivity index (χ2v) is 7.52. The van der Waals surface area contributed by atoms with Crippen LogP contribution < -0.4 is 14.8 Å². The number of thiol groups is 1. The van der Waals surface area contributed by atoms with Crippen LogP contribution in [0.2, 0.25) is 0 Å². The molecule has 0 aliphatic carbocycles. The third kappa shape index (κ3) is 7.52. The maximum Gasteiger partial charge on any atom is 0.408 e. The average Bonchev–Trinajstić information content (AvgIpc) is 2.65. The van der Waals surface area contributed by atoms with Crippen LogP contribution in [0.3, 0.4) is 0 Å². The number of carbonyl (C=O) groups is 2. The van der Waals surface area contributed by atoms with Crippen molar-refractivity contribution in [2.45, 2.75) is 45.4 Å². The molecule has 2 aromatic rings. The Labute approximate surface area is 171 Å². The van der Waals surface area contributed by atoms with Crippen molar-refractivity contribution < 1.29 is 19.1 Å². The molecule has 150 valence electrons. The zero-order valence-electron chi connectivity index (χ0n) is 16.3. The number of hydrogen-bond acceptors (Lipinski definition) is 5. The van der Waals surface area contributed by atoms with E-state index in [0.717, 1.165) is 16.9 Å². The van der Waals surface area contributed by atoms with Crippen LogP contribution in [0.5, 0.6) is 5.75 Å². The second-order valence-electron chi connectivity index (χ2n) is 7.30. The zero-order valence-corrected chi connectivity index (χ0v) is 17.2. The van der Waals surface area contributed by atoms with E-state index in [1.165, 1.54) is 0 Å². The third-order valence-corrected chi connectivity index (χ3v) is 3.95. The topological polar surface area (TPSA) is 76.7 Å². The molecule has 7 heteroatoms. The highest BCUT2D eigenvalue weighted by Crippen LogP contribution is 2.16. The van der Waals surface area contributed by atoms with E-state index < -0.39 is 23.6 Å². The van der Waals surface area contributed by atoms with Gasteiger partial charge in [-0.3, -0.25) is 4.79 Å². The van der Waals surface area contributed by atoms with Crippen LogP contribution in [0.15, 0.2) is 54.6 Å². The van der Waals surface area contributed by atoms with Crippen LogP contribution in [-0.2, 0) is 22.6 Å². The van der Waals surface area contributed by atoms with E-state index in [-0.39, 0.29) is 0 Å². The lowest BCUT2D eigenvalue weighted by Gasteiger charge is -2.23. The van der Waals surface area contributed by atoms with Gasteiger partial charge in [0.1, 0.15) is 24.0 Å². The lowest BCUT2D eigenvalue weighted by Crippen LogP contribution is -2.47. The maximum atomic E-state index is 12.1. The summed E-state index contributed by atoms with van der Waals surface area (Å²) in [6.45, 7) is 5.75. The average molecular weight is 403 g/mol.